The van der Waals surface area contributed by atoms with Gasteiger partial charge in [-0.15, -0.1) is 11.3 Å². The van der Waals surface area contributed by atoms with Crippen LogP contribution in [0, 0.1) is 0 Å². The maximum Gasteiger partial charge on any atom is 0.352 e. The Labute approximate surface area is 113 Å². The Bertz CT molecular complexity index is 484. The van der Waals surface area contributed by atoms with Crippen molar-refractivity contribution in [3.8, 4) is 0 Å². The molecule has 1 aromatic rings. The molecule has 1 aliphatic rings. The molecule has 0 radical (unpaired) electrons. The number of thiazole rings is 1. The number of nitrogens with one attached hydrogen (secondary N) is 1. The van der Waals surface area contributed by atoms with Gasteiger partial charge in [0.15, 0.2) is 5.13 Å². The molecular formula is C12H16F2N2O2S. The minimum atomic E-state index is -3.78. The molecule has 1 saturated carbocycles. The third-order valence-corrected chi connectivity index (χ3v) is 4.58. The van der Waals surface area contributed by atoms with Gasteiger partial charge in [-0.1, -0.05) is 13.8 Å². The van der Waals surface area contributed by atoms with Gasteiger partial charge >= 0.3 is 5.92 Å². The van der Waals surface area contributed by atoms with E-state index in [1.807, 2.05) is 13.8 Å². The van der Waals surface area contributed by atoms with E-state index in [2.05, 4.69) is 10.3 Å². The minimum absolute atomic E-state index is 0.0530. The lowest BCUT2D eigenvalue weighted by molar-refractivity contribution is -0.212. The Hall–Kier alpha value is -1.08. The highest BCUT2D eigenvalue weighted by atomic mass is 32.1. The molecule has 1 aliphatic carbocycles. The molecule has 0 unspecified atom stereocenters. The summed E-state index contributed by atoms with van der Waals surface area (Å²) in [5.41, 5.74) is -2.20. The number of rotatable bonds is 4. The van der Waals surface area contributed by atoms with Crippen LogP contribution in [-0.2, 0) is 4.79 Å². The molecule has 0 aromatic carbocycles. The molecule has 1 aromatic heterocycles. The highest BCUT2D eigenvalue weighted by molar-refractivity contribution is 7.15. The standard InChI is InChI=1S/C12H16F2N2O2S/c1-7(2)8-6-15-10(19-8)16-9(17)12(13,14)11(18)4-3-5-11/h6-7,18H,3-5H2,1-2H3,(H,15,16,17). The van der Waals surface area contributed by atoms with Crippen LogP contribution in [0.5, 0.6) is 0 Å². The number of hydrogen-bond donors (Lipinski definition) is 2. The van der Waals surface area contributed by atoms with Gasteiger partial charge in [-0.2, -0.15) is 8.78 Å². The van der Waals surface area contributed by atoms with Gasteiger partial charge < -0.3 is 5.11 Å². The SMILES string of the molecule is CC(C)c1cnc(NC(=O)C(F)(F)C2(O)CCC2)s1. The second kappa shape index (κ2) is 4.79. The van der Waals surface area contributed by atoms with Gasteiger partial charge in [0.25, 0.3) is 5.91 Å². The number of anilines is 1. The Morgan fingerprint density at radius 1 is 1.58 bits per heavy atom. The van der Waals surface area contributed by atoms with E-state index in [-0.39, 0.29) is 23.9 Å². The number of hydrogen-bond acceptors (Lipinski definition) is 4. The molecule has 106 valence electrons. The first-order valence-corrected chi connectivity index (χ1v) is 6.95. The zero-order valence-electron chi connectivity index (χ0n) is 10.7. The summed E-state index contributed by atoms with van der Waals surface area (Å²) >= 11 is 1.16. The summed E-state index contributed by atoms with van der Waals surface area (Å²) < 4.78 is 27.6. The predicted molar refractivity (Wildman–Crippen MR) is 68.6 cm³/mol. The normalized spacial score (nSPS) is 18.2. The predicted octanol–water partition coefficient (Wildman–Crippen LogP) is 2.76. The fourth-order valence-electron chi connectivity index (χ4n) is 1.82. The molecule has 0 saturated heterocycles. The van der Waals surface area contributed by atoms with E-state index >= 15 is 0 Å². The molecule has 2 rings (SSSR count). The smallest absolute Gasteiger partial charge is 0.352 e. The molecule has 2 N–H and O–H groups in total. The molecule has 7 heteroatoms. The summed E-state index contributed by atoms with van der Waals surface area (Å²) in [7, 11) is 0. The van der Waals surface area contributed by atoms with E-state index in [0.717, 1.165) is 16.2 Å². The first-order chi connectivity index (χ1) is 8.76. The summed E-state index contributed by atoms with van der Waals surface area (Å²) in [5.74, 6) is -5.05. The first kappa shape index (κ1) is 14.3. The average Bonchev–Trinajstić information content (AvgIpc) is 2.74. The van der Waals surface area contributed by atoms with Crippen LogP contribution in [0.3, 0.4) is 0 Å². The lowest BCUT2D eigenvalue weighted by atomic mass is 9.75. The fraction of sp³-hybridized carbons (Fsp3) is 0.667. The van der Waals surface area contributed by atoms with Gasteiger partial charge in [-0.25, -0.2) is 4.98 Å². The number of carbonyl (C=O) groups is 1. The number of alkyl halides is 2. The Morgan fingerprint density at radius 3 is 2.63 bits per heavy atom. The molecule has 0 atom stereocenters. The Morgan fingerprint density at radius 2 is 2.21 bits per heavy atom. The topological polar surface area (TPSA) is 62.2 Å². The second-order valence-electron chi connectivity index (χ2n) is 5.14. The van der Waals surface area contributed by atoms with Crippen molar-refractivity contribution < 1.29 is 18.7 Å². The van der Waals surface area contributed by atoms with Crippen molar-refractivity contribution in [1.29, 1.82) is 0 Å². The Balaban J connectivity index is 2.07. The highest BCUT2D eigenvalue weighted by Gasteiger charge is 2.61. The van der Waals surface area contributed by atoms with Crippen LogP contribution in [0.15, 0.2) is 6.20 Å². The van der Waals surface area contributed by atoms with E-state index in [1.54, 1.807) is 6.20 Å². The van der Waals surface area contributed by atoms with Crippen LogP contribution in [0.2, 0.25) is 0 Å². The van der Waals surface area contributed by atoms with E-state index < -0.39 is 17.4 Å². The maximum absolute atomic E-state index is 13.8. The van der Waals surface area contributed by atoms with E-state index in [0.29, 0.717) is 6.42 Å². The van der Waals surface area contributed by atoms with Crippen molar-refractivity contribution in [3.05, 3.63) is 11.1 Å². The van der Waals surface area contributed by atoms with E-state index in [9.17, 15) is 18.7 Å². The maximum atomic E-state index is 13.8. The molecule has 0 spiro atoms. The van der Waals surface area contributed by atoms with Gasteiger partial charge in [0.2, 0.25) is 0 Å². The fourth-order valence-corrected chi connectivity index (χ4v) is 2.64. The van der Waals surface area contributed by atoms with Gasteiger partial charge in [0.1, 0.15) is 5.60 Å². The van der Waals surface area contributed by atoms with E-state index in [4.69, 9.17) is 0 Å². The van der Waals surface area contributed by atoms with Crippen molar-refractivity contribution in [2.24, 2.45) is 0 Å². The molecular weight excluding hydrogens is 274 g/mol. The molecule has 1 fully saturated rings. The van der Waals surface area contributed by atoms with Crippen LogP contribution in [0.4, 0.5) is 13.9 Å². The molecule has 1 heterocycles. The van der Waals surface area contributed by atoms with Crippen LogP contribution in [0.1, 0.15) is 43.9 Å². The van der Waals surface area contributed by atoms with Gasteiger partial charge in [0.05, 0.1) is 0 Å². The third-order valence-electron chi connectivity index (χ3n) is 3.36. The minimum Gasteiger partial charge on any atom is -0.383 e. The van der Waals surface area contributed by atoms with Gasteiger partial charge in [-0.05, 0) is 25.2 Å². The van der Waals surface area contributed by atoms with Gasteiger partial charge in [-0.3, -0.25) is 10.1 Å². The summed E-state index contributed by atoms with van der Waals surface area (Å²) in [6.45, 7) is 3.90. The van der Waals surface area contributed by atoms with Crippen molar-refractivity contribution in [1.82, 2.24) is 4.98 Å². The van der Waals surface area contributed by atoms with Gasteiger partial charge in [0, 0.05) is 11.1 Å². The Kier molecular flexibility index (Phi) is 3.61. The van der Waals surface area contributed by atoms with Crippen molar-refractivity contribution in [2.45, 2.75) is 50.6 Å². The van der Waals surface area contributed by atoms with Crippen molar-refractivity contribution >= 4 is 22.4 Å². The van der Waals surface area contributed by atoms with Crippen molar-refractivity contribution in [3.63, 3.8) is 0 Å². The lowest BCUT2D eigenvalue weighted by Crippen LogP contribution is -2.59. The number of carbonyl (C=O) groups excluding carboxylic acids is 1. The van der Waals surface area contributed by atoms with E-state index in [1.165, 1.54) is 0 Å². The summed E-state index contributed by atoms with van der Waals surface area (Å²) in [6.07, 6.45) is 1.96. The molecule has 4 nitrogen and oxygen atoms in total. The summed E-state index contributed by atoms with van der Waals surface area (Å²) in [5, 5.41) is 11.9. The monoisotopic (exact) mass is 290 g/mol. The number of aromatic nitrogens is 1. The summed E-state index contributed by atoms with van der Waals surface area (Å²) in [4.78, 5) is 16.4. The molecule has 19 heavy (non-hydrogen) atoms. The molecule has 0 bridgehead atoms. The van der Waals surface area contributed by atoms with Crippen LogP contribution >= 0.6 is 11.3 Å². The quantitative estimate of drug-likeness (QED) is 0.896. The third kappa shape index (κ3) is 2.49. The van der Waals surface area contributed by atoms with Crippen molar-refractivity contribution in [2.75, 3.05) is 5.32 Å². The average molecular weight is 290 g/mol. The zero-order chi connectivity index (χ0) is 14.3. The van der Waals surface area contributed by atoms with Crippen LogP contribution in [-0.4, -0.2) is 27.5 Å². The second-order valence-corrected chi connectivity index (χ2v) is 6.20. The number of nitrogens with zero attached hydrogens (tertiary/aromatic N) is 1. The van der Waals surface area contributed by atoms with Crippen LogP contribution in [0.25, 0.3) is 0 Å². The number of halogens is 2. The molecule has 1 amide bonds. The number of aliphatic hydroxyl groups is 1. The zero-order valence-corrected chi connectivity index (χ0v) is 11.6. The first-order valence-electron chi connectivity index (χ1n) is 6.13. The number of amides is 1. The highest BCUT2D eigenvalue weighted by Crippen LogP contribution is 2.44. The lowest BCUT2D eigenvalue weighted by Gasteiger charge is -2.41. The van der Waals surface area contributed by atoms with Crippen LogP contribution < -0.4 is 5.32 Å². The molecule has 0 aliphatic heterocycles. The largest absolute Gasteiger partial charge is 0.383 e. The summed E-state index contributed by atoms with van der Waals surface area (Å²) in [6, 6.07) is 0.